The number of aliphatic carboxylic acids is 1. The fourth-order valence-corrected chi connectivity index (χ4v) is 1.62. The quantitative estimate of drug-likeness (QED) is 0.859. The minimum absolute atomic E-state index is 0.00262. The Labute approximate surface area is 110 Å². The second-order valence-corrected chi connectivity index (χ2v) is 4.99. The van der Waals surface area contributed by atoms with Crippen molar-refractivity contribution in [1.82, 2.24) is 10.3 Å². The van der Waals surface area contributed by atoms with Crippen molar-refractivity contribution in [2.75, 3.05) is 0 Å². The second kappa shape index (κ2) is 5.82. The molecule has 1 aromatic heterocycles. The highest BCUT2D eigenvalue weighted by molar-refractivity contribution is 6.33. The lowest BCUT2D eigenvalue weighted by Gasteiger charge is -2.25. The predicted molar refractivity (Wildman–Crippen MR) is 67.7 cm³/mol. The van der Waals surface area contributed by atoms with Gasteiger partial charge in [-0.1, -0.05) is 11.6 Å². The first kappa shape index (κ1) is 14.4. The van der Waals surface area contributed by atoms with Crippen LogP contribution in [-0.4, -0.2) is 27.5 Å². The standard InChI is InChI=1S/C12H15ClN2O3/c1-12(2,5-3-10(16)17)15-11(18)8-4-6-14-7-9(8)13/h4,6-7H,3,5H2,1-2H3,(H,15,18)(H,16,17). The maximum Gasteiger partial charge on any atom is 0.303 e. The van der Waals surface area contributed by atoms with E-state index in [9.17, 15) is 9.59 Å². The molecule has 6 heteroatoms. The summed E-state index contributed by atoms with van der Waals surface area (Å²) in [5.41, 5.74) is -0.280. The molecule has 0 saturated carbocycles. The van der Waals surface area contributed by atoms with Gasteiger partial charge < -0.3 is 10.4 Å². The summed E-state index contributed by atoms with van der Waals surface area (Å²) < 4.78 is 0. The first-order valence-corrected chi connectivity index (χ1v) is 5.83. The number of nitrogens with one attached hydrogen (secondary N) is 1. The molecule has 0 aliphatic heterocycles. The van der Waals surface area contributed by atoms with E-state index in [1.807, 2.05) is 0 Å². The molecule has 0 fully saturated rings. The SMILES string of the molecule is CC(C)(CCC(=O)O)NC(=O)c1ccncc1Cl. The van der Waals surface area contributed by atoms with Crippen molar-refractivity contribution >= 4 is 23.5 Å². The number of rotatable bonds is 5. The number of amides is 1. The van der Waals surface area contributed by atoms with Gasteiger partial charge in [-0.25, -0.2) is 0 Å². The molecule has 2 N–H and O–H groups in total. The monoisotopic (exact) mass is 270 g/mol. The summed E-state index contributed by atoms with van der Waals surface area (Å²) in [6.07, 6.45) is 3.21. The average Bonchev–Trinajstić information content (AvgIpc) is 2.26. The molecule has 98 valence electrons. The molecule has 18 heavy (non-hydrogen) atoms. The van der Waals surface area contributed by atoms with E-state index in [4.69, 9.17) is 16.7 Å². The van der Waals surface area contributed by atoms with Gasteiger partial charge in [-0.15, -0.1) is 0 Å². The number of pyridine rings is 1. The number of carbonyl (C=O) groups excluding carboxylic acids is 1. The van der Waals surface area contributed by atoms with Crippen LogP contribution in [0, 0.1) is 0 Å². The van der Waals surface area contributed by atoms with E-state index in [1.54, 1.807) is 13.8 Å². The molecule has 1 rings (SSSR count). The summed E-state index contributed by atoms with van der Waals surface area (Å²) in [6, 6.07) is 1.52. The summed E-state index contributed by atoms with van der Waals surface area (Å²) in [5.74, 6) is -1.22. The van der Waals surface area contributed by atoms with Crippen LogP contribution in [0.2, 0.25) is 5.02 Å². The Morgan fingerprint density at radius 1 is 1.50 bits per heavy atom. The zero-order valence-electron chi connectivity index (χ0n) is 10.2. The zero-order valence-corrected chi connectivity index (χ0v) is 11.0. The van der Waals surface area contributed by atoms with Crippen LogP contribution in [0.25, 0.3) is 0 Å². The van der Waals surface area contributed by atoms with Crippen LogP contribution in [0.15, 0.2) is 18.5 Å². The zero-order chi connectivity index (χ0) is 13.8. The lowest BCUT2D eigenvalue weighted by molar-refractivity contribution is -0.137. The first-order valence-electron chi connectivity index (χ1n) is 5.46. The fraction of sp³-hybridized carbons (Fsp3) is 0.417. The Balaban J connectivity index is 2.69. The molecule has 0 aromatic carbocycles. The van der Waals surface area contributed by atoms with Crippen LogP contribution >= 0.6 is 11.6 Å². The van der Waals surface area contributed by atoms with E-state index in [-0.39, 0.29) is 17.4 Å². The highest BCUT2D eigenvalue weighted by Gasteiger charge is 2.23. The number of hydrogen-bond donors (Lipinski definition) is 2. The molecule has 0 aliphatic rings. The van der Waals surface area contributed by atoms with Crippen molar-refractivity contribution in [3.8, 4) is 0 Å². The van der Waals surface area contributed by atoms with Gasteiger partial charge >= 0.3 is 5.97 Å². The van der Waals surface area contributed by atoms with Crippen LogP contribution in [0.5, 0.6) is 0 Å². The largest absolute Gasteiger partial charge is 0.481 e. The molecule has 0 aliphatic carbocycles. The molecular weight excluding hydrogens is 256 g/mol. The van der Waals surface area contributed by atoms with Crippen LogP contribution in [0.3, 0.4) is 0 Å². The van der Waals surface area contributed by atoms with Gasteiger partial charge in [-0.2, -0.15) is 0 Å². The average molecular weight is 271 g/mol. The van der Waals surface area contributed by atoms with E-state index < -0.39 is 11.5 Å². The van der Waals surface area contributed by atoms with E-state index >= 15 is 0 Å². The molecule has 0 radical (unpaired) electrons. The molecule has 0 saturated heterocycles. The van der Waals surface area contributed by atoms with Crippen LogP contribution in [-0.2, 0) is 4.79 Å². The smallest absolute Gasteiger partial charge is 0.303 e. The van der Waals surface area contributed by atoms with Crippen molar-refractivity contribution in [3.05, 3.63) is 29.0 Å². The first-order chi connectivity index (χ1) is 8.32. The molecule has 5 nitrogen and oxygen atoms in total. The third-order valence-electron chi connectivity index (χ3n) is 2.43. The molecule has 1 amide bonds. The van der Waals surface area contributed by atoms with Crippen LogP contribution < -0.4 is 5.32 Å². The molecule has 0 atom stereocenters. The van der Waals surface area contributed by atoms with Gasteiger partial charge in [0.15, 0.2) is 0 Å². The molecule has 0 unspecified atom stereocenters. The van der Waals surface area contributed by atoms with Gasteiger partial charge in [-0.05, 0) is 26.3 Å². The number of aromatic nitrogens is 1. The predicted octanol–water partition coefficient (Wildman–Crippen LogP) is 2.11. The number of carboxylic acid groups (broad SMARTS) is 1. The summed E-state index contributed by atoms with van der Waals surface area (Å²) in [6.45, 7) is 3.53. The fourth-order valence-electron chi connectivity index (χ4n) is 1.42. The molecule has 0 bridgehead atoms. The van der Waals surface area contributed by atoms with Gasteiger partial charge in [0, 0.05) is 24.4 Å². The van der Waals surface area contributed by atoms with Crippen molar-refractivity contribution in [2.24, 2.45) is 0 Å². The third kappa shape index (κ3) is 4.33. The van der Waals surface area contributed by atoms with Gasteiger partial charge in [0.1, 0.15) is 0 Å². The van der Waals surface area contributed by atoms with Crippen molar-refractivity contribution in [1.29, 1.82) is 0 Å². The minimum atomic E-state index is -0.890. The van der Waals surface area contributed by atoms with Crippen molar-refractivity contribution < 1.29 is 14.7 Å². The summed E-state index contributed by atoms with van der Waals surface area (Å²) in [5, 5.41) is 11.7. The van der Waals surface area contributed by atoms with E-state index in [2.05, 4.69) is 10.3 Å². The highest BCUT2D eigenvalue weighted by atomic mass is 35.5. The number of nitrogens with zero attached hydrogens (tertiary/aromatic N) is 1. The van der Waals surface area contributed by atoms with Gasteiger partial charge in [-0.3, -0.25) is 14.6 Å². The second-order valence-electron chi connectivity index (χ2n) is 4.59. The van der Waals surface area contributed by atoms with Crippen molar-refractivity contribution in [2.45, 2.75) is 32.2 Å². The lowest BCUT2D eigenvalue weighted by Crippen LogP contribution is -2.43. The maximum atomic E-state index is 12.0. The number of halogens is 1. The number of carboxylic acids is 1. The molecule has 1 heterocycles. The van der Waals surface area contributed by atoms with Crippen molar-refractivity contribution in [3.63, 3.8) is 0 Å². The highest BCUT2D eigenvalue weighted by Crippen LogP contribution is 2.16. The Bertz CT molecular complexity index is 460. The van der Waals surface area contributed by atoms with E-state index in [0.29, 0.717) is 12.0 Å². The third-order valence-corrected chi connectivity index (χ3v) is 2.73. The Kier molecular flexibility index (Phi) is 4.67. The minimum Gasteiger partial charge on any atom is -0.481 e. The summed E-state index contributed by atoms with van der Waals surface area (Å²) in [4.78, 5) is 26.3. The van der Waals surface area contributed by atoms with E-state index in [0.717, 1.165) is 0 Å². The Hall–Kier alpha value is -1.62. The Morgan fingerprint density at radius 2 is 2.17 bits per heavy atom. The number of carbonyl (C=O) groups is 2. The molecule has 1 aromatic rings. The van der Waals surface area contributed by atoms with Gasteiger partial charge in [0.05, 0.1) is 10.6 Å². The van der Waals surface area contributed by atoms with Gasteiger partial charge in [0.2, 0.25) is 0 Å². The Morgan fingerprint density at radius 3 is 2.72 bits per heavy atom. The topological polar surface area (TPSA) is 79.3 Å². The molecular formula is C12H15ClN2O3. The summed E-state index contributed by atoms with van der Waals surface area (Å²) >= 11 is 5.86. The number of hydrogen-bond acceptors (Lipinski definition) is 3. The van der Waals surface area contributed by atoms with E-state index in [1.165, 1.54) is 18.5 Å². The van der Waals surface area contributed by atoms with Crippen LogP contribution in [0.4, 0.5) is 0 Å². The maximum absolute atomic E-state index is 12.0. The lowest BCUT2D eigenvalue weighted by atomic mass is 9.98. The normalized spacial score (nSPS) is 11.1. The summed E-state index contributed by atoms with van der Waals surface area (Å²) in [7, 11) is 0. The van der Waals surface area contributed by atoms with Crippen LogP contribution in [0.1, 0.15) is 37.0 Å². The molecule has 0 spiro atoms. The van der Waals surface area contributed by atoms with Gasteiger partial charge in [0.25, 0.3) is 5.91 Å².